The lowest BCUT2D eigenvalue weighted by Gasteiger charge is -2.31. The van der Waals surface area contributed by atoms with Crippen molar-refractivity contribution in [1.29, 1.82) is 5.26 Å². The van der Waals surface area contributed by atoms with Crippen molar-refractivity contribution in [2.24, 2.45) is 0 Å². The minimum Gasteiger partial charge on any atom is -0.493 e. The van der Waals surface area contributed by atoms with E-state index in [-0.39, 0.29) is 28.4 Å². The summed E-state index contributed by atoms with van der Waals surface area (Å²) in [6.07, 6.45) is -5.78. The second-order valence-corrected chi connectivity index (χ2v) is 6.36. The van der Waals surface area contributed by atoms with E-state index < -0.39 is 37.1 Å². The molecule has 2 aromatic rings. The zero-order valence-corrected chi connectivity index (χ0v) is 15.7. The standard InChI is InChI=1S/C20H16F3N3O4/c1-29-16-8-12(10-24)6-7-15(16)30-11-19(28)26-14-5-3-2-4-13(14)25-18(27)9-17(26)20(21,22)23/h2-8,17H,9,11H2,1H3,(H,25,27)/t17-/m0/s1. The average Bonchev–Trinajstić information content (AvgIpc) is 2.87. The number of para-hydroxylation sites is 2. The highest BCUT2D eigenvalue weighted by atomic mass is 19.4. The number of anilines is 2. The number of carbonyl (C=O) groups is 2. The van der Waals surface area contributed by atoms with E-state index in [9.17, 15) is 22.8 Å². The van der Waals surface area contributed by atoms with Crippen LogP contribution in [0.1, 0.15) is 12.0 Å². The predicted octanol–water partition coefficient (Wildman–Crippen LogP) is 3.25. The summed E-state index contributed by atoms with van der Waals surface area (Å²) in [5.74, 6) is -1.60. The van der Waals surface area contributed by atoms with E-state index in [0.29, 0.717) is 4.90 Å². The van der Waals surface area contributed by atoms with Gasteiger partial charge in [-0.3, -0.25) is 14.5 Å². The molecule has 0 saturated heterocycles. The summed E-state index contributed by atoms with van der Waals surface area (Å²) in [5, 5.41) is 11.3. The molecule has 0 unspecified atom stereocenters. The maximum atomic E-state index is 13.7. The Bertz CT molecular complexity index is 1020. The van der Waals surface area contributed by atoms with Crippen LogP contribution in [0.2, 0.25) is 0 Å². The van der Waals surface area contributed by atoms with Crippen LogP contribution in [-0.2, 0) is 9.59 Å². The second kappa shape index (κ2) is 8.32. The third kappa shape index (κ3) is 4.30. The Morgan fingerprint density at radius 3 is 2.67 bits per heavy atom. The van der Waals surface area contributed by atoms with Crippen molar-refractivity contribution in [2.75, 3.05) is 23.9 Å². The van der Waals surface area contributed by atoms with Gasteiger partial charge in [-0.15, -0.1) is 0 Å². The summed E-state index contributed by atoms with van der Waals surface area (Å²) in [6, 6.07) is 9.48. The van der Waals surface area contributed by atoms with Gasteiger partial charge in [-0.1, -0.05) is 12.1 Å². The van der Waals surface area contributed by atoms with Gasteiger partial charge in [-0.25, -0.2) is 0 Å². The van der Waals surface area contributed by atoms with Crippen molar-refractivity contribution >= 4 is 23.2 Å². The lowest BCUT2D eigenvalue weighted by Crippen LogP contribution is -2.51. The van der Waals surface area contributed by atoms with Crippen molar-refractivity contribution < 1.29 is 32.2 Å². The molecule has 1 N–H and O–H groups in total. The van der Waals surface area contributed by atoms with Gasteiger partial charge in [0.2, 0.25) is 5.91 Å². The summed E-state index contributed by atoms with van der Waals surface area (Å²) in [7, 11) is 1.33. The van der Waals surface area contributed by atoms with Crippen LogP contribution in [0, 0.1) is 11.3 Å². The molecule has 156 valence electrons. The molecule has 1 heterocycles. The first kappa shape index (κ1) is 21.0. The Balaban J connectivity index is 1.92. The Morgan fingerprint density at radius 1 is 1.27 bits per heavy atom. The Kier molecular flexibility index (Phi) is 5.82. The topological polar surface area (TPSA) is 91.7 Å². The van der Waals surface area contributed by atoms with E-state index >= 15 is 0 Å². The Morgan fingerprint density at radius 2 is 2.00 bits per heavy atom. The molecule has 1 atom stereocenters. The minimum atomic E-state index is -4.84. The number of halogens is 3. The summed E-state index contributed by atoms with van der Waals surface area (Å²) >= 11 is 0. The van der Waals surface area contributed by atoms with Gasteiger partial charge < -0.3 is 14.8 Å². The molecule has 2 aromatic carbocycles. The maximum Gasteiger partial charge on any atom is 0.409 e. The number of rotatable bonds is 4. The molecular formula is C20H16F3N3O4. The van der Waals surface area contributed by atoms with Crippen LogP contribution in [0.15, 0.2) is 42.5 Å². The number of benzene rings is 2. The quantitative estimate of drug-likeness (QED) is 0.822. The molecule has 0 saturated carbocycles. The number of ether oxygens (including phenoxy) is 2. The summed E-state index contributed by atoms with van der Waals surface area (Å²) in [6.45, 7) is -0.739. The molecular weight excluding hydrogens is 403 g/mol. The van der Waals surface area contributed by atoms with Crippen molar-refractivity contribution in [3.63, 3.8) is 0 Å². The zero-order valence-electron chi connectivity index (χ0n) is 15.7. The normalized spacial score (nSPS) is 16.0. The van der Waals surface area contributed by atoms with E-state index in [1.54, 1.807) is 0 Å². The Labute approximate surface area is 169 Å². The lowest BCUT2D eigenvalue weighted by atomic mass is 10.1. The van der Waals surface area contributed by atoms with E-state index in [1.807, 2.05) is 6.07 Å². The van der Waals surface area contributed by atoms with Crippen molar-refractivity contribution in [2.45, 2.75) is 18.6 Å². The molecule has 0 aliphatic carbocycles. The number of amides is 2. The fourth-order valence-corrected chi connectivity index (χ4v) is 3.06. The van der Waals surface area contributed by atoms with Gasteiger partial charge in [0.15, 0.2) is 18.1 Å². The number of nitrogens with one attached hydrogen (secondary N) is 1. The first-order valence-corrected chi connectivity index (χ1v) is 8.73. The van der Waals surface area contributed by atoms with Crippen molar-refractivity contribution in [3.8, 4) is 17.6 Å². The SMILES string of the molecule is COc1cc(C#N)ccc1OCC(=O)N1c2ccccc2NC(=O)C[C@H]1C(F)(F)F. The second-order valence-electron chi connectivity index (χ2n) is 6.36. The van der Waals surface area contributed by atoms with E-state index in [1.165, 1.54) is 49.6 Å². The molecule has 0 spiro atoms. The molecule has 1 aliphatic heterocycles. The van der Waals surface area contributed by atoms with E-state index in [2.05, 4.69) is 5.32 Å². The first-order valence-electron chi connectivity index (χ1n) is 8.73. The monoisotopic (exact) mass is 419 g/mol. The zero-order chi connectivity index (χ0) is 21.9. The summed E-state index contributed by atoms with van der Waals surface area (Å²) in [4.78, 5) is 25.3. The molecule has 0 fully saturated rings. The molecule has 30 heavy (non-hydrogen) atoms. The first-order chi connectivity index (χ1) is 14.2. The van der Waals surface area contributed by atoms with Gasteiger partial charge in [0, 0.05) is 6.07 Å². The fourth-order valence-electron chi connectivity index (χ4n) is 3.06. The highest BCUT2D eigenvalue weighted by Crippen LogP contribution is 2.38. The summed E-state index contributed by atoms with van der Waals surface area (Å²) in [5.41, 5.74) is 0.304. The number of nitriles is 1. The molecule has 0 aromatic heterocycles. The van der Waals surface area contributed by atoms with Gasteiger partial charge in [-0.2, -0.15) is 18.4 Å². The van der Waals surface area contributed by atoms with Crippen LogP contribution in [0.25, 0.3) is 0 Å². The summed E-state index contributed by atoms with van der Waals surface area (Å²) < 4.78 is 51.6. The van der Waals surface area contributed by atoms with Crippen LogP contribution in [-0.4, -0.2) is 37.7 Å². The molecule has 0 radical (unpaired) electrons. The van der Waals surface area contributed by atoms with Crippen LogP contribution < -0.4 is 19.7 Å². The van der Waals surface area contributed by atoms with Crippen molar-refractivity contribution in [1.82, 2.24) is 0 Å². The third-order valence-electron chi connectivity index (χ3n) is 4.42. The molecule has 2 amide bonds. The van der Waals surface area contributed by atoms with Gasteiger partial charge in [0.05, 0.1) is 36.5 Å². The fraction of sp³-hybridized carbons (Fsp3) is 0.250. The van der Waals surface area contributed by atoms with E-state index in [4.69, 9.17) is 14.7 Å². The largest absolute Gasteiger partial charge is 0.493 e. The van der Waals surface area contributed by atoms with Crippen LogP contribution in [0.4, 0.5) is 24.5 Å². The number of hydrogen-bond donors (Lipinski definition) is 1. The van der Waals surface area contributed by atoms with Crippen molar-refractivity contribution in [3.05, 3.63) is 48.0 Å². The van der Waals surface area contributed by atoms with Gasteiger partial charge in [-0.05, 0) is 24.3 Å². The molecule has 1 aliphatic rings. The highest BCUT2D eigenvalue weighted by molar-refractivity contribution is 6.05. The molecule has 10 heteroatoms. The maximum absolute atomic E-state index is 13.7. The lowest BCUT2D eigenvalue weighted by molar-refractivity contribution is -0.158. The number of alkyl halides is 3. The van der Waals surface area contributed by atoms with Gasteiger partial charge in [0.25, 0.3) is 5.91 Å². The average molecular weight is 419 g/mol. The van der Waals surface area contributed by atoms with E-state index in [0.717, 1.165) is 0 Å². The van der Waals surface area contributed by atoms with Crippen LogP contribution in [0.3, 0.4) is 0 Å². The van der Waals surface area contributed by atoms with Gasteiger partial charge >= 0.3 is 6.18 Å². The number of hydrogen-bond acceptors (Lipinski definition) is 5. The molecule has 0 bridgehead atoms. The molecule has 3 rings (SSSR count). The Hall–Kier alpha value is -3.74. The number of nitrogens with zero attached hydrogens (tertiary/aromatic N) is 2. The van der Waals surface area contributed by atoms with Crippen LogP contribution >= 0.6 is 0 Å². The number of fused-ring (bicyclic) bond motifs is 1. The number of carbonyl (C=O) groups excluding carboxylic acids is 2. The highest BCUT2D eigenvalue weighted by Gasteiger charge is 2.49. The molecule has 7 nitrogen and oxygen atoms in total. The minimum absolute atomic E-state index is 0.0777. The number of methoxy groups -OCH3 is 1. The smallest absolute Gasteiger partial charge is 0.409 e. The van der Waals surface area contributed by atoms with Crippen LogP contribution in [0.5, 0.6) is 11.5 Å². The predicted molar refractivity (Wildman–Crippen MR) is 100 cm³/mol. The van der Waals surface area contributed by atoms with Gasteiger partial charge in [0.1, 0.15) is 6.04 Å². The third-order valence-corrected chi connectivity index (χ3v) is 4.42.